The Morgan fingerprint density at radius 2 is 1.65 bits per heavy atom. The third-order valence-corrected chi connectivity index (χ3v) is 8.59. The fraction of sp³-hybridized carbons (Fsp3) is 0.200. The number of amides is 1. The highest BCUT2D eigenvalue weighted by Gasteiger charge is 2.48. The molecule has 0 radical (unpaired) electrons. The van der Waals surface area contributed by atoms with Crippen molar-refractivity contribution in [3.8, 4) is 5.75 Å². The zero-order valence-electron chi connectivity index (χ0n) is 21.8. The molecule has 1 unspecified atom stereocenters. The molecule has 1 amide bonds. The topological polar surface area (TPSA) is 92.6 Å². The fourth-order valence-corrected chi connectivity index (χ4v) is 6.22. The summed E-state index contributed by atoms with van der Waals surface area (Å²) in [6.45, 7) is 4.41. The minimum atomic E-state index is -0.889. The predicted octanol–water partition coefficient (Wildman–Crippen LogP) is 6.56. The van der Waals surface area contributed by atoms with Crippen molar-refractivity contribution in [3.63, 3.8) is 0 Å². The van der Waals surface area contributed by atoms with Crippen LogP contribution in [0.3, 0.4) is 0 Å². The van der Waals surface area contributed by atoms with E-state index in [1.807, 2.05) is 38.1 Å². The first-order valence-corrected chi connectivity index (χ1v) is 14.5. The Morgan fingerprint density at radius 3 is 2.30 bits per heavy atom. The minimum absolute atomic E-state index is 0.0193. The number of rotatable bonds is 9. The number of nitrogens with zero attached hydrogens (tertiary/aromatic N) is 3. The van der Waals surface area contributed by atoms with Crippen LogP contribution in [0.4, 0.5) is 9.52 Å². The lowest BCUT2D eigenvalue weighted by Crippen LogP contribution is -2.29. The molecule has 5 rings (SSSR count). The first-order chi connectivity index (χ1) is 19.4. The van der Waals surface area contributed by atoms with Crippen LogP contribution >= 0.6 is 23.1 Å². The number of carbonyl (C=O) groups is 2. The summed E-state index contributed by atoms with van der Waals surface area (Å²) >= 11 is 2.58. The van der Waals surface area contributed by atoms with Gasteiger partial charge in [-0.15, -0.1) is 10.2 Å². The number of anilines is 1. The van der Waals surface area contributed by atoms with Crippen LogP contribution < -0.4 is 9.64 Å². The normalized spacial score (nSPS) is 16.5. The van der Waals surface area contributed by atoms with Crippen LogP contribution in [0.5, 0.6) is 5.75 Å². The Labute approximate surface area is 239 Å². The third kappa shape index (κ3) is 5.64. The van der Waals surface area contributed by atoms with Crippen molar-refractivity contribution >= 4 is 45.7 Å². The average molecular weight is 576 g/mol. The van der Waals surface area contributed by atoms with Crippen molar-refractivity contribution in [2.45, 2.75) is 36.4 Å². The predicted molar refractivity (Wildman–Crippen MR) is 154 cm³/mol. The summed E-state index contributed by atoms with van der Waals surface area (Å²) in [5.74, 6) is -1.00. The number of aromatic nitrogens is 2. The number of hydrogen-bond acceptors (Lipinski definition) is 8. The molecule has 10 heteroatoms. The van der Waals surface area contributed by atoms with Gasteiger partial charge >= 0.3 is 5.91 Å². The molecule has 1 fully saturated rings. The van der Waals surface area contributed by atoms with E-state index in [0.29, 0.717) is 33.6 Å². The quantitative estimate of drug-likeness (QED) is 0.0795. The van der Waals surface area contributed by atoms with Crippen LogP contribution in [-0.4, -0.2) is 33.6 Å². The molecular weight excluding hydrogens is 549 g/mol. The molecule has 1 atom stereocenters. The van der Waals surface area contributed by atoms with E-state index in [4.69, 9.17) is 4.74 Å². The summed E-state index contributed by atoms with van der Waals surface area (Å²) in [5.41, 5.74) is 3.05. The fourth-order valence-electron chi connectivity index (χ4n) is 4.40. The molecule has 4 aromatic rings. The lowest BCUT2D eigenvalue weighted by atomic mass is 9.94. The minimum Gasteiger partial charge on any atom is -0.507 e. The molecule has 204 valence electrons. The maximum atomic E-state index is 13.4. The Hall–Kier alpha value is -4.02. The van der Waals surface area contributed by atoms with Gasteiger partial charge in [-0.05, 0) is 66.4 Å². The smallest absolute Gasteiger partial charge is 0.301 e. The van der Waals surface area contributed by atoms with E-state index >= 15 is 0 Å². The Bertz CT molecular complexity index is 1550. The third-order valence-electron chi connectivity index (χ3n) is 6.46. The van der Waals surface area contributed by atoms with Gasteiger partial charge in [0.05, 0.1) is 18.2 Å². The lowest BCUT2D eigenvalue weighted by Gasteiger charge is -2.22. The second kappa shape index (κ2) is 12.0. The first kappa shape index (κ1) is 27.5. The largest absolute Gasteiger partial charge is 0.507 e. The van der Waals surface area contributed by atoms with Crippen LogP contribution in [-0.2, 0) is 21.8 Å². The molecular formula is C30H26FN3O4S2. The van der Waals surface area contributed by atoms with Crippen molar-refractivity contribution in [2.24, 2.45) is 0 Å². The zero-order chi connectivity index (χ0) is 28.2. The number of ether oxygens (including phenoxy) is 1. The summed E-state index contributed by atoms with van der Waals surface area (Å²) in [7, 11) is 0. The number of Topliss-reactive ketones (excluding diaryl/α,β-unsaturated/α-hetero) is 1. The van der Waals surface area contributed by atoms with Gasteiger partial charge in [-0.2, -0.15) is 0 Å². The molecule has 0 aliphatic carbocycles. The summed E-state index contributed by atoms with van der Waals surface area (Å²) in [6.07, 6.45) is 0.831. The van der Waals surface area contributed by atoms with E-state index in [0.717, 1.165) is 17.5 Å². The summed E-state index contributed by atoms with van der Waals surface area (Å²) in [5, 5.41) is 20.0. The van der Waals surface area contributed by atoms with E-state index < -0.39 is 17.7 Å². The molecule has 1 aliphatic heterocycles. The van der Waals surface area contributed by atoms with Crippen LogP contribution in [0.2, 0.25) is 0 Å². The highest BCUT2D eigenvalue weighted by Crippen LogP contribution is 2.44. The second-order valence-electron chi connectivity index (χ2n) is 8.99. The number of aliphatic hydroxyl groups excluding tert-OH is 1. The highest BCUT2D eigenvalue weighted by molar-refractivity contribution is 8.00. The van der Waals surface area contributed by atoms with E-state index in [9.17, 15) is 19.1 Å². The van der Waals surface area contributed by atoms with Gasteiger partial charge in [-0.25, -0.2) is 4.39 Å². The Kier molecular flexibility index (Phi) is 8.27. The number of benzene rings is 3. The second-order valence-corrected chi connectivity index (χ2v) is 11.2. The molecule has 1 saturated heterocycles. The van der Waals surface area contributed by atoms with Crippen LogP contribution in [0, 0.1) is 5.82 Å². The maximum Gasteiger partial charge on any atom is 0.301 e. The number of carbonyl (C=O) groups excluding carboxylic acids is 2. The van der Waals surface area contributed by atoms with Gasteiger partial charge in [0, 0.05) is 11.3 Å². The van der Waals surface area contributed by atoms with Crippen LogP contribution in [0.1, 0.15) is 42.1 Å². The SMILES string of the molecule is CCOc1ccc(/C(O)=C2/C(=O)C(=O)N(c3nnc(SCc4ccc(F)cc4)s3)C2c2ccc(CC)cc2)cc1. The molecule has 0 spiro atoms. The Morgan fingerprint density at radius 1 is 0.975 bits per heavy atom. The first-order valence-electron chi connectivity index (χ1n) is 12.7. The zero-order valence-corrected chi connectivity index (χ0v) is 23.5. The van der Waals surface area contributed by atoms with Gasteiger partial charge in [-0.1, -0.05) is 66.4 Å². The summed E-state index contributed by atoms with van der Waals surface area (Å²) in [6, 6.07) is 19.6. The number of aryl methyl sites for hydroxylation is 1. The van der Waals surface area contributed by atoms with Crippen molar-refractivity contribution in [1.29, 1.82) is 0 Å². The standard InChI is InChI=1S/C30H26FN3O4S2/c1-3-18-5-9-20(10-6-18)25-24(26(35)21-11-15-23(16-12-21)38-4-2)27(36)28(37)34(25)29-32-33-30(40-29)39-17-19-7-13-22(31)14-8-19/h5-16,25,35H,3-4,17H2,1-2H3/b26-24-. The molecule has 0 bridgehead atoms. The monoisotopic (exact) mass is 575 g/mol. The van der Waals surface area contributed by atoms with Crippen LogP contribution in [0.15, 0.2) is 82.7 Å². The van der Waals surface area contributed by atoms with Crippen molar-refractivity contribution in [1.82, 2.24) is 10.2 Å². The molecule has 1 N–H and O–H groups in total. The molecule has 1 aromatic heterocycles. The van der Waals surface area contributed by atoms with Crippen LogP contribution in [0.25, 0.3) is 5.76 Å². The van der Waals surface area contributed by atoms with E-state index in [1.54, 1.807) is 36.4 Å². The molecule has 2 heterocycles. The summed E-state index contributed by atoms with van der Waals surface area (Å²) < 4.78 is 19.3. The number of aliphatic hydroxyl groups is 1. The Balaban J connectivity index is 1.52. The van der Waals surface area contributed by atoms with E-state index in [1.165, 1.54) is 40.1 Å². The van der Waals surface area contributed by atoms with Gasteiger partial charge < -0.3 is 9.84 Å². The van der Waals surface area contributed by atoms with Gasteiger partial charge in [-0.3, -0.25) is 14.5 Å². The van der Waals surface area contributed by atoms with E-state index in [-0.39, 0.29) is 22.3 Å². The molecule has 1 aliphatic rings. The number of hydrogen-bond donors (Lipinski definition) is 1. The lowest BCUT2D eigenvalue weighted by molar-refractivity contribution is -0.132. The van der Waals surface area contributed by atoms with Crippen molar-refractivity contribution in [2.75, 3.05) is 11.5 Å². The average Bonchev–Trinajstić information content (AvgIpc) is 3.55. The van der Waals surface area contributed by atoms with Gasteiger partial charge in [0.15, 0.2) is 4.34 Å². The molecule has 7 nitrogen and oxygen atoms in total. The van der Waals surface area contributed by atoms with Crippen molar-refractivity contribution in [3.05, 3.63) is 106 Å². The van der Waals surface area contributed by atoms with Crippen molar-refractivity contribution < 1.29 is 23.8 Å². The molecule has 40 heavy (non-hydrogen) atoms. The maximum absolute atomic E-state index is 13.4. The summed E-state index contributed by atoms with van der Waals surface area (Å²) in [4.78, 5) is 28.1. The van der Waals surface area contributed by atoms with Gasteiger partial charge in [0.25, 0.3) is 5.78 Å². The number of halogens is 1. The van der Waals surface area contributed by atoms with E-state index in [2.05, 4.69) is 10.2 Å². The number of thioether (sulfide) groups is 1. The molecule has 3 aromatic carbocycles. The van der Waals surface area contributed by atoms with Gasteiger partial charge in [0.2, 0.25) is 5.13 Å². The molecule has 0 saturated carbocycles. The number of ketones is 1. The highest BCUT2D eigenvalue weighted by atomic mass is 32.2. The van der Waals surface area contributed by atoms with Gasteiger partial charge in [0.1, 0.15) is 17.3 Å².